The van der Waals surface area contributed by atoms with Crippen LogP contribution in [0.3, 0.4) is 0 Å². The van der Waals surface area contributed by atoms with E-state index in [4.69, 9.17) is 21.1 Å². The quantitative estimate of drug-likeness (QED) is 0.239. The van der Waals surface area contributed by atoms with E-state index in [9.17, 15) is 4.79 Å². The first-order valence-electron chi connectivity index (χ1n) is 2.31. The van der Waals surface area contributed by atoms with Gasteiger partial charge in [-0.05, 0) is 6.92 Å². The Morgan fingerprint density at radius 3 is 2.10 bits per heavy atom. The summed E-state index contributed by atoms with van der Waals surface area (Å²) in [6.07, 6.45) is -1.48. The van der Waals surface area contributed by atoms with Crippen LogP contribution in [0, 0.1) is 0 Å². The predicted octanol–water partition coefficient (Wildman–Crippen LogP) is -4.78. The maximum Gasteiger partial charge on any atom is 1.00 e. The van der Waals surface area contributed by atoms with Crippen LogP contribution in [0.25, 0.3) is 0 Å². The zero-order chi connectivity index (χ0) is 7.65. The van der Waals surface area contributed by atoms with Crippen LogP contribution >= 0.6 is 0 Å². The summed E-state index contributed by atoms with van der Waals surface area (Å²) in [5.74, 6) is -1.64. The molecular formula is C4H10NNaO4. The van der Waals surface area contributed by atoms with Crippen molar-refractivity contribution in [2.75, 3.05) is 0 Å². The Labute approximate surface area is 81.6 Å². The Bertz CT molecular complexity index is 129. The fraction of sp³-hybridized carbons (Fsp3) is 0.750. The number of carboxylic acids is 1. The molecule has 0 aliphatic heterocycles. The minimum absolute atomic E-state index is 0. The summed E-state index contributed by atoms with van der Waals surface area (Å²) in [4.78, 5) is 9.93. The summed E-state index contributed by atoms with van der Waals surface area (Å²) in [5, 5.41) is 25.2. The van der Waals surface area contributed by atoms with Gasteiger partial charge in [-0.3, -0.25) is 5.73 Å². The van der Waals surface area contributed by atoms with Gasteiger partial charge in [0, 0.05) is 0 Å². The predicted molar refractivity (Wildman–Crippen MR) is 29.6 cm³/mol. The number of hydrogen-bond acceptors (Lipinski definition) is 4. The topological polar surface area (TPSA) is 104 Å². The fourth-order valence-corrected chi connectivity index (χ4v) is 0.179. The monoisotopic (exact) mass is 159 g/mol. The molecule has 2 atom stereocenters. The van der Waals surface area contributed by atoms with Crippen molar-refractivity contribution in [1.82, 2.24) is 0 Å². The van der Waals surface area contributed by atoms with Crippen LogP contribution in [0.4, 0.5) is 0 Å². The Morgan fingerprint density at radius 1 is 1.80 bits per heavy atom. The van der Waals surface area contributed by atoms with Gasteiger partial charge in [0.25, 0.3) is 0 Å². The van der Waals surface area contributed by atoms with E-state index in [0.717, 1.165) is 6.92 Å². The molecule has 5 nitrogen and oxygen atoms in total. The van der Waals surface area contributed by atoms with E-state index >= 15 is 0 Å². The van der Waals surface area contributed by atoms with Crippen molar-refractivity contribution >= 4 is 5.97 Å². The molecule has 0 amide bonds. The Morgan fingerprint density at radius 2 is 2.10 bits per heavy atom. The maximum atomic E-state index is 9.93. The van der Waals surface area contributed by atoms with E-state index in [0.29, 0.717) is 0 Å². The molecule has 0 aliphatic rings. The maximum absolute atomic E-state index is 9.93. The van der Waals surface area contributed by atoms with Crippen LogP contribution in [0.2, 0.25) is 0 Å². The number of nitrogens with two attached hydrogens (primary N) is 1. The second-order valence-corrected chi connectivity index (χ2v) is 1.81. The van der Waals surface area contributed by atoms with Gasteiger partial charge in [0.1, 0.15) is 6.10 Å². The summed E-state index contributed by atoms with van der Waals surface area (Å²) in [7, 11) is 0. The molecule has 5 N–H and O–H groups in total. The Balaban J connectivity index is -0.000000320. The molecule has 0 aromatic heterocycles. The van der Waals surface area contributed by atoms with Gasteiger partial charge in [0.2, 0.25) is 5.72 Å². The van der Waals surface area contributed by atoms with Gasteiger partial charge in [0.15, 0.2) is 0 Å². The molecule has 56 valence electrons. The number of carboxylic acid groups (broad SMARTS) is 1. The summed E-state index contributed by atoms with van der Waals surface area (Å²) < 4.78 is 0. The Hall–Kier alpha value is 0.350. The summed E-state index contributed by atoms with van der Waals surface area (Å²) >= 11 is 0. The first-order valence-corrected chi connectivity index (χ1v) is 2.31. The van der Waals surface area contributed by atoms with E-state index in [2.05, 4.69) is 0 Å². The Kier molecular flexibility index (Phi) is 5.55. The second-order valence-electron chi connectivity index (χ2n) is 1.81. The van der Waals surface area contributed by atoms with Crippen molar-refractivity contribution in [3.63, 3.8) is 0 Å². The molecule has 0 saturated carbocycles. The summed E-state index contributed by atoms with van der Waals surface area (Å²) in [6, 6.07) is 0. The van der Waals surface area contributed by atoms with Gasteiger partial charge in [-0.25, -0.2) is 4.79 Å². The molecule has 0 aromatic rings. The van der Waals surface area contributed by atoms with E-state index in [1.165, 1.54) is 0 Å². The van der Waals surface area contributed by atoms with E-state index in [1.54, 1.807) is 0 Å². The van der Waals surface area contributed by atoms with Crippen LogP contribution in [-0.2, 0) is 4.79 Å². The molecule has 0 aliphatic carbocycles. The van der Waals surface area contributed by atoms with Crippen molar-refractivity contribution in [3.8, 4) is 0 Å². The van der Waals surface area contributed by atoms with Crippen molar-refractivity contribution in [2.24, 2.45) is 5.73 Å². The van der Waals surface area contributed by atoms with E-state index < -0.39 is 17.8 Å². The first kappa shape index (κ1) is 13.0. The smallest absolute Gasteiger partial charge is 1.00 e. The minimum Gasteiger partial charge on any atom is -1.00 e. The molecule has 0 heterocycles. The summed E-state index contributed by atoms with van der Waals surface area (Å²) in [6.45, 7) is 1.09. The molecule has 0 radical (unpaired) electrons. The third-order valence-electron chi connectivity index (χ3n) is 0.980. The standard InChI is InChI=1S/C4H9NO4.Na.H/c1-2(6)4(5,9)3(7)8;;/h2,6,9H,5H2,1H3,(H,7,8);;/q;+1;-1/t2-,4-;;/m1../s1. The van der Waals surface area contributed by atoms with Crippen molar-refractivity contribution < 1.29 is 51.1 Å². The molecule has 0 saturated heterocycles. The third-order valence-corrected chi connectivity index (χ3v) is 0.980. The third kappa shape index (κ3) is 2.96. The number of aliphatic hydroxyl groups is 2. The van der Waals surface area contributed by atoms with Gasteiger partial charge in [-0.15, -0.1) is 0 Å². The van der Waals surface area contributed by atoms with Gasteiger partial charge in [0.05, 0.1) is 0 Å². The zero-order valence-corrected chi connectivity index (χ0v) is 7.90. The first-order chi connectivity index (χ1) is 3.89. The number of hydrogen-bond donors (Lipinski definition) is 4. The van der Waals surface area contributed by atoms with Gasteiger partial charge < -0.3 is 16.7 Å². The molecular weight excluding hydrogens is 149 g/mol. The molecule has 0 fully saturated rings. The second kappa shape index (κ2) is 4.27. The van der Waals surface area contributed by atoms with Crippen LogP contribution in [0.1, 0.15) is 8.35 Å². The number of rotatable bonds is 2. The summed E-state index contributed by atoms with van der Waals surface area (Å²) in [5.41, 5.74) is 2.18. The molecule has 0 aromatic carbocycles. The zero-order valence-electron chi connectivity index (χ0n) is 6.90. The molecule has 0 unspecified atom stereocenters. The molecule has 6 heteroatoms. The van der Waals surface area contributed by atoms with Gasteiger partial charge in [-0.2, -0.15) is 0 Å². The van der Waals surface area contributed by atoms with Crippen molar-refractivity contribution in [2.45, 2.75) is 18.8 Å². The molecule has 0 rings (SSSR count). The van der Waals surface area contributed by atoms with Crippen LogP contribution < -0.4 is 35.3 Å². The normalized spacial score (nSPS) is 18.4. The SMILES string of the molecule is C[C@@H](O)[C@@](N)(O)C(=O)O.[H-].[Na+]. The number of aliphatic hydroxyl groups excluding tert-OH is 1. The molecule has 0 bridgehead atoms. The average molecular weight is 159 g/mol. The molecule has 0 spiro atoms. The van der Waals surface area contributed by atoms with Crippen LogP contribution in [0.5, 0.6) is 0 Å². The average Bonchev–Trinajstić information content (AvgIpc) is 1.65. The largest absolute Gasteiger partial charge is 1.00 e. The number of carbonyl (C=O) groups is 1. The van der Waals surface area contributed by atoms with Crippen LogP contribution in [-0.4, -0.2) is 33.1 Å². The van der Waals surface area contributed by atoms with Gasteiger partial charge in [-0.1, -0.05) is 0 Å². The van der Waals surface area contributed by atoms with Crippen molar-refractivity contribution in [1.29, 1.82) is 0 Å². The van der Waals surface area contributed by atoms with Crippen LogP contribution in [0.15, 0.2) is 0 Å². The van der Waals surface area contributed by atoms with Crippen molar-refractivity contribution in [3.05, 3.63) is 0 Å². The fourth-order valence-electron chi connectivity index (χ4n) is 0.179. The van der Waals surface area contributed by atoms with E-state index in [1.807, 2.05) is 0 Å². The molecule has 10 heavy (non-hydrogen) atoms. The van der Waals surface area contributed by atoms with E-state index in [-0.39, 0.29) is 31.0 Å². The minimum atomic E-state index is -2.53. The number of aliphatic carboxylic acids is 1. The van der Waals surface area contributed by atoms with Gasteiger partial charge >= 0.3 is 35.5 Å².